The molecule has 0 aliphatic carbocycles. The average molecular weight is 344 g/mol. The van der Waals surface area contributed by atoms with Crippen LogP contribution in [-0.2, 0) is 10.9 Å². The van der Waals surface area contributed by atoms with Gasteiger partial charge in [0.05, 0.1) is 18.8 Å². The zero-order chi connectivity index (χ0) is 17.7. The van der Waals surface area contributed by atoms with Crippen LogP contribution in [-0.4, -0.2) is 49.7 Å². The SMILES string of the molecule is CC(C)C(CNC(=O)c1cccc(C(F)(F)F)c1)N1CCOCC1. The number of benzene rings is 1. The minimum atomic E-state index is -4.45. The molecule has 0 bridgehead atoms. The van der Waals surface area contributed by atoms with Gasteiger partial charge in [0.15, 0.2) is 0 Å². The molecule has 0 spiro atoms. The number of halogens is 3. The van der Waals surface area contributed by atoms with Crippen molar-refractivity contribution in [2.24, 2.45) is 5.92 Å². The molecule has 0 saturated carbocycles. The molecule has 1 aromatic carbocycles. The summed E-state index contributed by atoms with van der Waals surface area (Å²) in [5, 5.41) is 2.77. The third-order valence-corrected chi connectivity index (χ3v) is 4.21. The molecule has 2 rings (SSSR count). The van der Waals surface area contributed by atoms with E-state index in [1.165, 1.54) is 12.1 Å². The third kappa shape index (κ3) is 4.95. The first kappa shape index (κ1) is 18.7. The molecule has 134 valence electrons. The summed E-state index contributed by atoms with van der Waals surface area (Å²) in [5.74, 6) is -0.176. The summed E-state index contributed by atoms with van der Waals surface area (Å²) in [5.41, 5.74) is -0.793. The highest BCUT2D eigenvalue weighted by Gasteiger charge is 2.31. The number of amides is 1. The fourth-order valence-electron chi connectivity index (χ4n) is 2.83. The van der Waals surface area contributed by atoms with Crippen LogP contribution in [0.3, 0.4) is 0 Å². The molecule has 1 N–H and O–H groups in total. The zero-order valence-corrected chi connectivity index (χ0v) is 13.9. The molecule has 1 aliphatic heterocycles. The van der Waals surface area contributed by atoms with Crippen LogP contribution in [0.15, 0.2) is 24.3 Å². The molecule has 1 aromatic rings. The number of hydrogen-bond acceptors (Lipinski definition) is 3. The molecule has 0 radical (unpaired) electrons. The van der Waals surface area contributed by atoms with E-state index in [9.17, 15) is 18.0 Å². The van der Waals surface area contributed by atoms with Gasteiger partial charge in [0.1, 0.15) is 0 Å². The number of alkyl halides is 3. The number of hydrogen-bond donors (Lipinski definition) is 1. The summed E-state index contributed by atoms with van der Waals surface area (Å²) in [6.45, 7) is 7.43. The van der Waals surface area contributed by atoms with Gasteiger partial charge in [-0.25, -0.2) is 0 Å². The summed E-state index contributed by atoms with van der Waals surface area (Å²) >= 11 is 0. The van der Waals surface area contributed by atoms with Crippen LogP contribution in [0.2, 0.25) is 0 Å². The van der Waals surface area contributed by atoms with Gasteiger partial charge in [-0.05, 0) is 24.1 Å². The minimum Gasteiger partial charge on any atom is -0.379 e. The van der Waals surface area contributed by atoms with Crippen molar-refractivity contribution in [3.05, 3.63) is 35.4 Å². The number of nitrogens with one attached hydrogen (secondary N) is 1. The van der Waals surface area contributed by atoms with Gasteiger partial charge >= 0.3 is 6.18 Å². The van der Waals surface area contributed by atoms with E-state index in [0.29, 0.717) is 25.7 Å². The van der Waals surface area contributed by atoms with E-state index in [2.05, 4.69) is 24.1 Å². The van der Waals surface area contributed by atoms with E-state index < -0.39 is 17.6 Å². The Morgan fingerprint density at radius 3 is 2.54 bits per heavy atom. The first-order chi connectivity index (χ1) is 11.3. The first-order valence-electron chi connectivity index (χ1n) is 8.06. The van der Waals surface area contributed by atoms with Crippen molar-refractivity contribution >= 4 is 5.91 Å². The van der Waals surface area contributed by atoms with Crippen molar-refractivity contribution in [3.63, 3.8) is 0 Å². The quantitative estimate of drug-likeness (QED) is 0.893. The number of rotatable bonds is 5. The molecule has 7 heteroatoms. The van der Waals surface area contributed by atoms with Crippen molar-refractivity contribution < 1.29 is 22.7 Å². The molecule has 0 aromatic heterocycles. The molecular formula is C17H23F3N2O2. The maximum Gasteiger partial charge on any atom is 0.416 e. The molecule has 1 saturated heterocycles. The Morgan fingerprint density at radius 2 is 1.96 bits per heavy atom. The minimum absolute atomic E-state index is 0.0225. The van der Waals surface area contributed by atoms with E-state index in [1.807, 2.05) is 0 Å². The maximum atomic E-state index is 12.7. The Labute approximate surface area is 140 Å². The maximum absolute atomic E-state index is 12.7. The Hall–Kier alpha value is -1.60. The van der Waals surface area contributed by atoms with Crippen LogP contribution < -0.4 is 5.32 Å². The summed E-state index contributed by atoms with van der Waals surface area (Å²) in [6, 6.07) is 4.61. The van der Waals surface area contributed by atoms with Gasteiger partial charge in [0.2, 0.25) is 0 Å². The van der Waals surface area contributed by atoms with Crippen LogP contribution in [0, 0.1) is 5.92 Å². The lowest BCUT2D eigenvalue weighted by atomic mass is 10.0. The molecule has 1 fully saturated rings. The zero-order valence-electron chi connectivity index (χ0n) is 13.9. The largest absolute Gasteiger partial charge is 0.416 e. The molecule has 1 aliphatic rings. The fourth-order valence-corrected chi connectivity index (χ4v) is 2.83. The Balaban J connectivity index is 2.00. The average Bonchev–Trinajstić information content (AvgIpc) is 2.55. The second kappa shape index (κ2) is 7.98. The van der Waals surface area contributed by atoms with Crippen molar-refractivity contribution in [3.8, 4) is 0 Å². The van der Waals surface area contributed by atoms with E-state index in [0.717, 1.165) is 25.2 Å². The van der Waals surface area contributed by atoms with Gasteiger partial charge in [-0.1, -0.05) is 19.9 Å². The smallest absolute Gasteiger partial charge is 0.379 e. The topological polar surface area (TPSA) is 41.6 Å². The van der Waals surface area contributed by atoms with Crippen LogP contribution in [0.5, 0.6) is 0 Å². The summed E-state index contributed by atoms with van der Waals surface area (Å²) in [7, 11) is 0. The van der Waals surface area contributed by atoms with Gasteiger partial charge in [-0.15, -0.1) is 0 Å². The Bertz CT molecular complexity index is 555. The highest BCUT2D eigenvalue weighted by molar-refractivity contribution is 5.94. The second-order valence-electron chi connectivity index (χ2n) is 6.25. The van der Waals surface area contributed by atoms with E-state index in [-0.39, 0.29) is 11.6 Å². The number of ether oxygens (including phenoxy) is 1. The lowest BCUT2D eigenvalue weighted by molar-refractivity contribution is -0.137. The van der Waals surface area contributed by atoms with Crippen LogP contribution in [0.25, 0.3) is 0 Å². The number of morpholine rings is 1. The molecular weight excluding hydrogens is 321 g/mol. The third-order valence-electron chi connectivity index (χ3n) is 4.21. The molecule has 1 unspecified atom stereocenters. The van der Waals surface area contributed by atoms with Crippen molar-refractivity contribution in [2.75, 3.05) is 32.8 Å². The predicted octanol–water partition coefficient (Wildman–Crippen LogP) is 2.79. The van der Waals surface area contributed by atoms with Crippen molar-refractivity contribution in [1.29, 1.82) is 0 Å². The van der Waals surface area contributed by atoms with Gasteiger partial charge in [0.25, 0.3) is 5.91 Å². The monoisotopic (exact) mass is 344 g/mol. The van der Waals surface area contributed by atoms with E-state index in [4.69, 9.17) is 4.74 Å². The number of carbonyl (C=O) groups is 1. The predicted molar refractivity (Wildman–Crippen MR) is 84.8 cm³/mol. The lowest BCUT2D eigenvalue weighted by Gasteiger charge is -2.36. The van der Waals surface area contributed by atoms with Gasteiger partial charge in [-0.3, -0.25) is 9.69 Å². The van der Waals surface area contributed by atoms with Crippen molar-refractivity contribution in [2.45, 2.75) is 26.1 Å². The molecule has 24 heavy (non-hydrogen) atoms. The van der Waals surface area contributed by atoms with Crippen LogP contribution in [0.1, 0.15) is 29.8 Å². The highest BCUT2D eigenvalue weighted by atomic mass is 19.4. The summed E-state index contributed by atoms with van der Waals surface area (Å²) in [4.78, 5) is 14.5. The number of carbonyl (C=O) groups excluding carboxylic acids is 1. The standard InChI is InChI=1S/C17H23F3N2O2/c1-12(2)15(22-6-8-24-9-7-22)11-21-16(23)13-4-3-5-14(10-13)17(18,19)20/h3-5,10,12,15H,6-9,11H2,1-2H3,(H,21,23). The normalized spacial score (nSPS) is 17.8. The lowest BCUT2D eigenvalue weighted by Crippen LogP contribution is -2.51. The summed E-state index contributed by atoms with van der Waals surface area (Å²) < 4.78 is 43.6. The van der Waals surface area contributed by atoms with Crippen LogP contribution in [0.4, 0.5) is 13.2 Å². The van der Waals surface area contributed by atoms with Gasteiger partial charge < -0.3 is 10.1 Å². The van der Waals surface area contributed by atoms with E-state index in [1.54, 1.807) is 0 Å². The first-order valence-corrected chi connectivity index (χ1v) is 8.06. The molecule has 1 heterocycles. The number of nitrogens with zero attached hydrogens (tertiary/aromatic N) is 1. The van der Waals surface area contributed by atoms with Gasteiger partial charge in [-0.2, -0.15) is 13.2 Å². The Morgan fingerprint density at radius 1 is 1.29 bits per heavy atom. The second-order valence-corrected chi connectivity index (χ2v) is 6.25. The van der Waals surface area contributed by atoms with Gasteiger partial charge in [0, 0.05) is 31.2 Å². The molecule has 1 atom stereocenters. The fraction of sp³-hybridized carbons (Fsp3) is 0.588. The molecule has 1 amide bonds. The Kier molecular flexibility index (Phi) is 6.23. The molecule has 4 nitrogen and oxygen atoms in total. The highest BCUT2D eigenvalue weighted by Crippen LogP contribution is 2.29. The van der Waals surface area contributed by atoms with Crippen molar-refractivity contribution in [1.82, 2.24) is 10.2 Å². The summed E-state index contributed by atoms with van der Waals surface area (Å²) in [6.07, 6.45) is -4.45. The van der Waals surface area contributed by atoms with E-state index >= 15 is 0 Å². The van der Waals surface area contributed by atoms with Crippen LogP contribution >= 0.6 is 0 Å².